The number of aromatic nitrogens is 26. The van der Waals surface area contributed by atoms with E-state index in [1.807, 2.05) is 244 Å². The lowest BCUT2D eigenvalue weighted by molar-refractivity contribution is 0.0721. The number of anilines is 8. The summed E-state index contributed by atoms with van der Waals surface area (Å²) in [5, 5.41) is 34.2. The van der Waals surface area contributed by atoms with Crippen molar-refractivity contribution in [1.29, 1.82) is 0 Å². The first kappa shape index (κ1) is 87.6. The van der Waals surface area contributed by atoms with E-state index in [1.54, 1.807) is 92.0 Å². The van der Waals surface area contributed by atoms with Gasteiger partial charge in [-0.3, -0.25) is 24.2 Å². The molecule has 0 saturated carbocycles. The average molecular weight is 1800 g/mol. The van der Waals surface area contributed by atoms with Crippen LogP contribution in [0, 0.1) is 27.7 Å². The second-order valence-electron chi connectivity index (χ2n) is 32.5. The Morgan fingerprint density at radius 1 is 0.444 bits per heavy atom. The highest BCUT2D eigenvalue weighted by molar-refractivity contribution is 6.03. The van der Waals surface area contributed by atoms with Gasteiger partial charge >= 0.3 is 0 Å². The first-order chi connectivity index (χ1) is 65.5. The number of carbonyl (C=O) groups excluding carboxylic acids is 4. The Morgan fingerprint density at radius 2 is 0.867 bits per heavy atom. The Hall–Kier alpha value is -18.1. The van der Waals surface area contributed by atoms with Crippen molar-refractivity contribution in [3.8, 4) is 45.6 Å². The molecular formula is C96H92N34O5. The zero-order chi connectivity index (χ0) is 93.3. The van der Waals surface area contributed by atoms with Crippen molar-refractivity contribution in [3.05, 3.63) is 307 Å². The summed E-state index contributed by atoms with van der Waals surface area (Å²) in [7, 11) is 9.59. The molecule has 20 aromatic rings. The molecule has 21 rings (SSSR count). The van der Waals surface area contributed by atoms with Gasteiger partial charge in [-0.25, -0.2) is 64.8 Å². The molecule has 0 aliphatic carbocycles. The van der Waals surface area contributed by atoms with Gasteiger partial charge in [0.1, 0.15) is 57.1 Å². The molecule has 135 heavy (non-hydrogen) atoms. The van der Waals surface area contributed by atoms with Gasteiger partial charge in [0.15, 0.2) is 0 Å². The number of hydrogen-bond acceptors (Lipinski definition) is 26. The molecule has 4 aromatic carbocycles. The zero-order valence-electron chi connectivity index (χ0n) is 75.2. The quantitative estimate of drug-likeness (QED) is 0.0284. The maximum absolute atomic E-state index is 13.3. The molecule has 39 heteroatoms. The monoisotopic (exact) mass is 1800 g/mol. The lowest BCUT2D eigenvalue weighted by atomic mass is 10.1. The van der Waals surface area contributed by atoms with E-state index in [0.717, 1.165) is 157 Å². The summed E-state index contributed by atoms with van der Waals surface area (Å²) in [5.41, 5.74) is 21.8. The number of amides is 4. The van der Waals surface area contributed by atoms with Crippen molar-refractivity contribution >= 4 is 114 Å². The highest BCUT2D eigenvalue weighted by Crippen LogP contribution is 2.34. The summed E-state index contributed by atoms with van der Waals surface area (Å²) in [6, 6.07) is 38.0. The van der Waals surface area contributed by atoms with Crippen LogP contribution in [0.2, 0.25) is 0 Å². The molecule has 0 spiro atoms. The molecule has 0 unspecified atom stereocenters. The molecule has 10 N–H and O–H groups in total. The lowest BCUT2D eigenvalue weighted by Gasteiger charge is -2.25. The molecule has 0 bridgehead atoms. The third kappa shape index (κ3) is 20.5. The Labute approximate surface area is 771 Å². The highest BCUT2D eigenvalue weighted by Gasteiger charge is 2.27. The van der Waals surface area contributed by atoms with Gasteiger partial charge in [0, 0.05) is 214 Å². The van der Waals surface area contributed by atoms with Gasteiger partial charge in [-0.2, -0.15) is 10.2 Å². The summed E-state index contributed by atoms with van der Waals surface area (Å²) in [6.45, 7) is 12.8. The molecule has 0 fully saturated rings. The number of nitrogens with one attached hydrogen (secondary N) is 10. The predicted octanol–water partition coefficient (Wildman–Crippen LogP) is 14.3. The third-order valence-corrected chi connectivity index (χ3v) is 22.3. The number of fused-ring (bicyclic) bond motifs is 5. The van der Waals surface area contributed by atoms with E-state index in [-0.39, 0.29) is 23.6 Å². The fourth-order valence-corrected chi connectivity index (χ4v) is 15.6. The Kier molecular flexibility index (Phi) is 25.1. The molecular weight excluding hydrogens is 1710 g/mol. The van der Waals surface area contributed by atoms with Crippen molar-refractivity contribution in [2.45, 2.75) is 67.2 Å². The molecule has 16 aromatic heterocycles. The van der Waals surface area contributed by atoms with Crippen molar-refractivity contribution in [1.82, 2.24) is 148 Å². The fourth-order valence-electron chi connectivity index (χ4n) is 15.6. The summed E-state index contributed by atoms with van der Waals surface area (Å²) in [5.74, 6) is 3.12. The van der Waals surface area contributed by atoms with Crippen LogP contribution in [-0.4, -0.2) is 174 Å². The van der Waals surface area contributed by atoms with E-state index >= 15 is 0 Å². The fraction of sp³-hybridized carbons (Fsp3) is 0.177. The van der Waals surface area contributed by atoms with Gasteiger partial charge in [-0.05, 0) is 178 Å². The van der Waals surface area contributed by atoms with E-state index in [9.17, 15) is 19.2 Å². The second kappa shape index (κ2) is 38.7. The Balaban J connectivity index is 0.000000120. The van der Waals surface area contributed by atoms with Gasteiger partial charge < -0.3 is 89.0 Å². The van der Waals surface area contributed by atoms with Gasteiger partial charge in [-0.1, -0.05) is 11.2 Å². The normalized spacial score (nSPS) is 11.6. The molecule has 17 heterocycles. The van der Waals surface area contributed by atoms with Crippen molar-refractivity contribution in [2.75, 3.05) is 34.4 Å². The van der Waals surface area contributed by atoms with Gasteiger partial charge in [0.25, 0.3) is 23.6 Å². The summed E-state index contributed by atoms with van der Waals surface area (Å²) in [6.07, 6.45) is 32.4. The van der Waals surface area contributed by atoms with Crippen LogP contribution in [0.5, 0.6) is 0 Å². The van der Waals surface area contributed by atoms with E-state index in [1.165, 1.54) is 0 Å². The molecule has 1 aliphatic heterocycles. The number of H-pyrrole nitrogens is 4. The second-order valence-corrected chi connectivity index (χ2v) is 32.5. The minimum Gasteiger partial charge on any atom is -0.361 e. The number of aryl methyl sites for hydroxylation is 9. The average Bonchev–Trinajstić information content (AvgIpc) is 1.66. The van der Waals surface area contributed by atoms with Gasteiger partial charge in [-0.15, -0.1) is 0 Å². The number of pyridine rings is 1. The van der Waals surface area contributed by atoms with E-state index in [0.29, 0.717) is 98.0 Å². The van der Waals surface area contributed by atoms with Crippen LogP contribution in [0.25, 0.3) is 89.2 Å². The molecule has 39 nitrogen and oxygen atoms in total. The number of imidazole rings is 5. The van der Waals surface area contributed by atoms with E-state index in [2.05, 4.69) is 137 Å². The van der Waals surface area contributed by atoms with Crippen LogP contribution in [-0.2, 0) is 67.8 Å². The molecule has 1 aliphatic rings. The summed E-state index contributed by atoms with van der Waals surface area (Å²) < 4.78 is 14.7. The van der Waals surface area contributed by atoms with Crippen molar-refractivity contribution < 1.29 is 23.7 Å². The van der Waals surface area contributed by atoms with E-state index < -0.39 is 0 Å². The maximum Gasteiger partial charge on any atom is 0.270 e. The molecule has 676 valence electrons. The Bertz CT molecular complexity index is 7500. The van der Waals surface area contributed by atoms with Gasteiger partial charge in [0.2, 0.25) is 23.8 Å². The van der Waals surface area contributed by atoms with E-state index in [4.69, 9.17) is 4.52 Å². The third-order valence-electron chi connectivity index (χ3n) is 22.3. The van der Waals surface area contributed by atoms with Crippen LogP contribution in [0.15, 0.2) is 238 Å². The lowest BCUT2D eigenvalue weighted by Crippen LogP contribution is -2.35. The molecule has 0 radical (unpaired) electrons. The first-order valence-electron chi connectivity index (χ1n) is 43.1. The molecule has 0 saturated heterocycles. The standard InChI is InChI=1S/C25H27N9O.C24H22N8O2.C24H22N8O.C23H21N9O/c1-5-34(14-22-26-8-9-33(22)4)24(35)20-12-17-11-18(10-16(2)23(17)30-20)29-25-27-7-6-19(31-25)21-13-32(3)15-28-21;1-14-7-17(28-24-25-5-3-18(30-24)20-12-31(2)13-26-20)8-15-9-19(29-22(14)15)23(33)32-6-4-21-16(11-32)10-27-34-21;1-15-8-18(29-24-26-7-5-19(31-24)21-13-32(2)14-28-21)9-17-10-20(30-22(15)17)23(33)27-12-16-4-3-6-25-11-16;1-14-8-17(28-23-24-7-5-18(30-23)20-12-32(2)13-26-20)9-15-10-19(29-21(14)15)22(33)25-11-16-4-3-6-27-31-16/h6-13,15,30H,5,14H2,1-4H3,(H,27,29,31);3,5,7-10,12-13,29H,4,6,11H2,1-2H3,(H,25,28,30);3-11,13-14,30H,12H2,1-2H3,(H,27,33)(H,26,29,31);3-10,12-13,29H,11H2,1-2H3,(H,25,33)(H,24,28,30). The Morgan fingerprint density at radius 3 is 1.27 bits per heavy atom. The van der Waals surface area contributed by atoms with Crippen molar-refractivity contribution in [2.24, 2.45) is 35.2 Å². The number of aromatic amines is 4. The largest absolute Gasteiger partial charge is 0.361 e. The number of benzene rings is 4. The minimum atomic E-state index is -0.211. The highest BCUT2D eigenvalue weighted by atomic mass is 16.5. The maximum atomic E-state index is 13.3. The number of carbonyl (C=O) groups is 4. The molecule has 4 amide bonds. The predicted molar refractivity (Wildman–Crippen MR) is 509 cm³/mol. The zero-order valence-corrected chi connectivity index (χ0v) is 75.2. The molecule has 0 atom stereocenters. The van der Waals surface area contributed by atoms with Crippen LogP contribution in [0.3, 0.4) is 0 Å². The number of rotatable bonds is 23. The topological polar surface area (TPSA) is 467 Å². The smallest absolute Gasteiger partial charge is 0.270 e. The van der Waals surface area contributed by atoms with Crippen LogP contribution >= 0.6 is 0 Å². The summed E-state index contributed by atoms with van der Waals surface area (Å²) >= 11 is 0. The minimum absolute atomic E-state index is 0.0386. The van der Waals surface area contributed by atoms with Crippen LogP contribution in [0.4, 0.5) is 46.5 Å². The van der Waals surface area contributed by atoms with Crippen LogP contribution in [0.1, 0.15) is 99.5 Å². The van der Waals surface area contributed by atoms with Crippen LogP contribution < -0.4 is 31.9 Å². The summed E-state index contributed by atoms with van der Waals surface area (Å²) in [4.78, 5) is 130. The van der Waals surface area contributed by atoms with Crippen molar-refractivity contribution in [3.63, 3.8) is 0 Å². The first-order valence-corrected chi connectivity index (χ1v) is 43.1. The SMILES string of the molecule is CCN(Cc1nccn1C)C(=O)c1cc2cc(Nc3nccc(-c4cn(C)cn4)n3)cc(C)c2[nH]1.Cc1cc(Nc2nccc(-c3cn(C)cn3)n2)cc2cc(C(=O)N3CCc4oncc4C3)[nH]c12.Cc1cc(Nc2nccc(-c3cn(C)cn3)n2)cc2cc(C(=O)NCc3cccnc3)[nH]c12.Cc1cc(Nc2nccc(-c3cn(C)cn3)n2)cc2cc(C(=O)NCc3cccnn3)[nH]c12. The number of nitrogens with zero attached hydrogens (tertiary/aromatic N) is 24. The number of hydrogen-bond donors (Lipinski definition) is 10. The van der Waals surface area contributed by atoms with Gasteiger partial charge in [0.05, 0.1) is 79.6 Å².